The van der Waals surface area contributed by atoms with E-state index >= 15 is 0 Å². The number of rotatable bonds is 19. The van der Waals surface area contributed by atoms with Gasteiger partial charge in [-0.1, -0.05) is 79.9 Å². The summed E-state index contributed by atoms with van der Waals surface area (Å²) < 4.78 is 47.6. The van der Waals surface area contributed by atoms with Crippen molar-refractivity contribution in [2.24, 2.45) is 11.8 Å². The molecule has 0 aliphatic carbocycles. The van der Waals surface area contributed by atoms with Crippen LogP contribution in [0.4, 0.5) is 18.9 Å². The number of alkyl halides is 3. The summed E-state index contributed by atoms with van der Waals surface area (Å²) in [6, 6.07) is 2.52. The van der Waals surface area contributed by atoms with E-state index in [9.17, 15) is 37.1 Å². The van der Waals surface area contributed by atoms with Gasteiger partial charge in [-0.2, -0.15) is 13.2 Å². The zero-order valence-corrected chi connectivity index (χ0v) is 33.8. The summed E-state index contributed by atoms with van der Waals surface area (Å²) in [5.41, 5.74) is 1.18. The Kier molecular flexibility index (Phi) is 22.9. The van der Waals surface area contributed by atoms with Crippen LogP contribution < -0.4 is 16.0 Å². The summed E-state index contributed by atoms with van der Waals surface area (Å²) >= 11 is 0. The molecule has 0 aromatic heterocycles. The van der Waals surface area contributed by atoms with Crippen LogP contribution in [0.25, 0.3) is 0 Å². The highest BCUT2D eigenvalue weighted by atomic mass is 19.4. The third-order valence-corrected chi connectivity index (χ3v) is 9.28. The second kappa shape index (κ2) is 25.5. The van der Waals surface area contributed by atoms with Gasteiger partial charge < -0.3 is 20.3 Å². The molecule has 54 heavy (non-hydrogen) atoms. The fourth-order valence-electron chi connectivity index (χ4n) is 6.34. The summed E-state index contributed by atoms with van der Waals surface area (Å²) in [5.74, 6) is -2.98. The van der Waals surface area contributed by atoms with E-state index in [1.54, 1.807) is 45.0 Å². The molecule has 2 fully saturated rings. The third kappa shape index (κ3) is 17.3. The lowest BCUT2D eigenvalue weighted by atomic mass is 9.99. The van der Waals surface area contributed by atoms with Crippen molar-refractivity contribution in [1.29, 1.82) is 0 Å². The third-order valence-electron chi connectivity index (χ3n) is 9.28. The van der Waals surface area contributed by atoms with Crippen LogP contribution in [0.5, 0.6) is 0 Å². The van der Waals surface area contributed by atoms with Crippen LogP contribution in [0, 0.1) is 11.8 Å². The molecule has 0 spiro atoms. The minimum Gasteiger partial charge on any atom is -0.461 e. The highest BCUT2D eigenvalue weighted by Gasteiger charge is 2.42. The van der Waals surface area contributed by atoms with Crippen LogP contribution in [0.15, 0.2) is 24.3 Å². The summed E-state index contributed by atoms with van der Waals surface area (Å²) in [6.45, 7) is 17.2. The van der Waals surface area contributed by atoms with Crippen LogP contribution in [0.1, 0.15) is 125 Å². The van der Waals surface area contributed by atoms with Gasteiger partial charge >= 0.3 is 12.1 Å². The van der Waals surface area contributed by atoms with Gasteiger partial charge in [0.1, 0.15) is 18.7 Å². The molecule has 0 bridgehead atoms. The molecule has 3 N–H and O–H groups in total. The van der Waals surface area contributed by atoms with E-state index in [1.165, 1.54) is 18.2 Å². The first kappa shape index (κ1) is 48.5. The van der Waals surface area contributed by atoms with E-state index < -0.39 is 48.0 Å². The highest BCUT2D eigenvalue weighted by molar-refractivity contribution is 6.03. The van der Waals surface area contributed by atoms with Crippen LogP contribution in [-0.4, -0.2) is 89.9 Å². The maximum atomic E-state index is 14.2. The summed E-state index contributed by atoms with van der Waals surface area (Å²) in [4.78, 5) is 65.9. The summed E-state index contributed by atoms with van der Waals surface area (Å²) in [6.07, 6.45) is 0.489. The summed E-state index contributed by atoms with van der Waals surface area (Å²) in [5, 5.41) is 8.10. The normalized spacial score (nSPS) is 17.8. The Hall–Kier alpha value is -3.52. The molecule has 14 heteroatoms. The average Bonchev–Trinajstić information content (AvgIpc) is 3.38. The van der Waals surface area contributed by atoms with Gasteiger partial charge in [0, 0.05) is 31.5 Å². The molecule has 1 aromatic rings. The van der Waals surface area contributed by atoms with Crippen LogP contribution in [-0.2, 0) is 35.3 Å². The molecule has 3 rings (SSSR count). The van der Waals surface area contributed by atoms with Gasteiger partial charge in [-0.15, -0.1) is 0 Å². The van der Waals surface area contributed by atoms with Crippen LogP contribution in [0.2, 0.25) is 0 Å². The van der Waals surface area contributed by atoms with E-state index in [-0.39, 0.29) is 50.1 Å². The van der Waals surface area contributed by atoms with E-state index in [4.69, 9.17) is 4.74 Å². The van der Waals surface area contributed by atoms with Crippen LogP contribution in [0.3, 0.4) is 0 Å². The fraction of sp³-hybridized carbons (Fsp3) is 0.725. The Labute approximate surface area is 320 Å². The molecular weight excluding hydrogens is 703 g/mol. The van der Waals surface area contributed by atoms with E-state index in [0.717, 1.165) is 38.0 Å². The monoisotopic (exact) mass is 769 g/mol. The lowest BCUT2D eigenvalue weighted by Crippen LogP contribution is -2.58. The molecule has 4 unspecified atom stereocenters. The Morgan fingerprint density at radius 1 is 0.870 bits per heavy atom. The first-order valence-electron chi connectivity index (χ1n) is 19.9. The number of likely N-dealkylation sites (tertiary alicyclic amines) is 2. The number of hydrogen-bond donors (Lipinski definition) is 3. The molecule has 4 amide bonds. The Morgan fingerprint density at radius 3 is 2.04 bits per heavy atom. The Balaban J connectivity index is 0.00000352. The van der Waals surface area contributed by atoms with Crippen molar-refractivity contribution < 1.29 is 41.9 Å². The van der Waals surface area contributed by atoms with Gasteiger partial charge in [-0.05, 0) is 81.8 Å². The lowest BCUT2D eigenvalue weighted by Gasteiger charge is -2.31. The first-order chi connectivity index (χ1) is 25.6. The van der Waals surface area contributed by atoms with Gasteiger partial charge in [0.2, 0.25) is 23.6 Å². The number of nitrogens with one attached hydrogen (secondary N) is 3. The maximum Gasteiger partial charge on any atom is 0.403 e. The fourth-order valence-corrected chi connectivity index (χ4v) is 6.34. The Bertz CT molecular complexity index is 1290. The second-order valence-electron chi connectivity index (χ2n) is 13.9. The highest BCUT2D eigenvalue weighted by Crippen LogP contribution is 2.26. The van der Waals surface area contributed by atoms with Gasteiger partial charge in [-0.3, -0.25) is 34.2 Å². The largest absolute Gasteiger partial charge is 0.461 e. The van der Waals surface area contributed by atoms with Crippen molar-refractivity contribution >= 4 is 35.3 Å². The second-order valence-corrected chi connectivity index (χ2v) is 13.9. The number of anilines is 1. The predicted molar refractivity (Wildman–Crippen MR) is 205 cm³/mol. The molecule has 2 aliphatic heterocycles. The standard InChI is InChI=1S/C36H54F3N5O6.2C2H6/c1-24(2)32(42-30(36(37,38)39)13-7-5-10-21-44-31(46)22-25(3)35(44)49)34(48)41-29(12-11-20-43-18-8-6-9-19-43)33(47)40-28-16-14-27(15-17-28)23-50-26(4)45;2*1-2/h14-17,24-25,29-30,32,42H,5-13,18-23H2,1-4H3,(H,40,47)(H,41,48);2*1-2H3. The number of carbonyl (C=O) groups is 5. The predicted octanol–water partition coefficient (Wildman–Crippen LogP) is 6.99. The number of amides is 4. The van der Waals surface area contributed by atoms with Gasteiger partial charge in [0.15, 0.2) is 0 Å². The van der Waals surface area contributed by atoms with E-state index in [0.29, 0.717) is 31.4 Å². The van der Waals surface area contributed by atoms with Crippen molar-refractivity contribution in [3.63, 3.8) is 0 Å². The zero-order valence-electron chi connectivity index (χ0n) is 33.8. The molecule has 0 radical (unpaired) electrons. The van der Waals surface area contributed by atoms with Gasteiger partial charge in [-0.25, -0.2) is 0 Å². The van der Waals surface area contributed by atoms with Crippen molar-refractivity contribution in [2.45, 2.75) is 151 Å². The number of unbranched alkanes of at least 4 members (excludes halogenated alkanes) is 2. The molecule has 2 saturated heterocycles. The molecule has 11 nitrogen and oxygen atoms in total. The van der Waals surface area contributed by atoms with Crippen LogP contribution >= 0.6 is 0 Å². The smallest absolute Gasteiger partial charge is 0.403 e. The number of hydrogen-bond acceptors (Lipinski definition) is 8. The van der Waals surface area contributed by atoms with Gasteiger partial charge in [0.25, 0.3) is 0 Å². The van der Waals surface area contributed by atoms with Crippen molar-refractivity contribution in [2.75, 3.05) is 31.5 Å². The number of benzene rings is 1. The number of nitrogens with zero attached hydrogens (tertiary/aromatic N) is 2. The first-order valence-corrected chi connectivity index (χ1v) is 19.9. The van der Waals surface area contributed by atoms with Crippen molar-refractivity contribution in [1.82, 2.24) is 20.4 Å². The lowest BCUT2D eigenvalue weighted by molar-refractivity contribution is -0.161. The molecule has 2 aliphatic rings. The Morgan fingerprint density at radius 2 is 1.50 bits per heavy atom. The number of carbonyl (C=O) groups excluding carboxylic acids is 5. The molecule has 2 heterocycles. The molecule has 308 valence electrons. The minimum atomic E-state index is -4.63. The maximum absolute atomic E-state index is 14.2. The minimum absolute atomic E-state index is 0.0845. The number of piperidine rings is 1. The number of esters is 1. The van der Waals surface area contributed by atoms with E-state index in [2.05, 4.69) is 20.9 Å². The number of imide groups is 1. The number of ether oxygens (including phenoxy) is 1. The molecule has 4 atom stereocenters. The SMILES string of the molecule is CC.CC.CC(=O)OCc1ccc(NC(=O)C(CCCN2CCCCC2)NC(=O)C(NC(CCCCCN2C(=O)CC(C)C2=O)C(F)(F)F)C(C)C)cc1. The zero-order chi connectivity index (χ0) is 40.8. The molecule has 1 aromatic carbocycles. The molecular formula is C40H66F3N5O6. The van der Waals surface area contributed by atoms with E-state index in [1.807, 2.05) is 27.7 Å². The molecule has 0 saturated carbocycles. The quantitative estimate of drug-likeness (QED) is 0.0779. The van der Waals surface area contributed by atoms with Gasteiger partial charge in [0.05, 0.1) is 6.04 Å². The average molecular weight is 770 g/mol. The summed E-state index contributed by atoms with van der Waals surface area (Å²) in [7, 11) is 0. The topological polar surface area (TPSA) is 137 Å². The number of halogens is 3. The van der Waals surface area contributed by atoms with Crippen molar-refractivity contribution in [3.8, 4) is 0 Å². The van der Waals surface area contributed by atoms with Crippen molar-refractivity contribution in [3.05, 3.63) is 29.8 Å².